The summed E-state index contributed by atoms with van der Waals surface area (Å²) in [6.07, 6.45) is 6.20. The summed E-state index contributed by atoms with van der Waals surface area (Å²) in [5.41, 5.74) is 1.10. The summed E-state index contributed by atoms with van der Waals surface area (Å²) in [7, 11) is 3.37. The highest BCUT2D eigenvalue weighted by atomic mass is 16.5. The van der Waals surface area contributed by atoms with Crippen molar-refractivity contribution in [3.8, 4) is 5.75 Å². The fraction of sp³-hybridized carbons (Fsp3) is 0.556. The van der Waals surface area contributed by atoms with E-state index >= 15 is 0 Å². The predicted octanol–water partition coefficient (Wildman–Crippen LogP) is 2.14. The van der Waals surface area contributed by atoms with Crippen LogP contribution in [-0.2, 0) is 16.0 Å². The summed E-state index contributed by atoms with van der Waals surface area (Å²) in [6.45, 7) is 0.454. The second-order valence-electron chi connectivity index (χ2n) is 6.06. The smallest absolute Gasteiger partial charge is 0.311 e. The summed E-state index contributed by atoms with van der Waals surface area (Å²) in [6, 6.07) is 7.91. The van der Waals surface area contributed by atoms with Crippen LogP contribution in [0.4, 0.5) is 0 Å². The molecule has 5 heteroatoms. The fourth-order valence-electron chi connectivity index (χ4n) is 2.98. The Bertz CT molecular complexity index is 522. The lowest BCUT2D eigenvalue weighted by atomic mass is 9.94. The predicted molar refractivity (Wildman–Crippen MR) is 89.4 cm³/mol. The molecule has 1 aliphatic carbocycles. The highest BCUT2D eigenvalue weighted by molar-refractivity contribution is 6.35. The highest BCUT2D eigenvalue weighted by Crippen LogP contribution is 2.21. The first-order chi connectivity index (χ1) is 11.1. The molecule has 23 heavy (non-hydrogen) atoms. The summed E-state index contributed by atoms with van der Waals surface area (Å²) < 4.78 is 5.11. The molecule has 2 amide bonds. The Morgan fingerprint density at radius 3 is 2.43 bits per heavy atom. The van der Waals surface area contributed by atoms with Gasteiger partial charge in [-0.05, 0) is 37.0 Å². The van der Waals surface area contributed by atoms with Gasteiger partial charge in [-0.2, -0.15) is 0 Å². The van der Waals surface area contributed by atoms with Gasteiger partial charge < -0.3 is 15.0 Å². The Kier molecular flexibility index (Phi) is 6.44. The van der Waals surface area contributed by atoms with Crippen LogP contribution in [0.15, 0.2) is 24.3 Å². The van der Waals surface area contributed by atoms with E-state index < -0.39 is 11.8 Å². The Morgan fingerprint density at radius 1 is 1.17 bits per heavy atom. The molecule has 1 N–H and O–H groups in total. The van der Waals surface area contributed by atoms with Gasteiger partial charge in [-0.1, -0.05) is 31.4 Å². The molecule has 2 rings (SSSR count). The molecule has 126 valence electrons. The summed E-state index contributed by atoms with van der Waals surface area (Å²) in [4.78, 5) is 25.8. The van der Waals surface area contributed by atoms with E-state index in [1.807, 2.05) is 24.3 Å². The molecule has 1 saturated carbocycles. The van der Waals surface area contributed by atoms with E-state index in [1.54, 1.807) is 19.1 Å². The second-order valence-corrected chi connectivity index (χ2v) is 6.06. The maximum atomic E-state index is 12.2. The topological polar surface area (TPSA) is 58.6 Å². The molecule has 5 nitrogen and oxygen atoms in total. The van der Waals surface area contributed by atoms with Crippen LogP contribution in [-0.4, -0.2) is 43.5 Å². The van der Waals surface area contributed by atoms with E-state index in [0.717, 1.165) is 37.0 Å². The monoisotopic (exact) mass is 318 g/mol. The van der Waals surface area contributed by atoms with Crippen molar-refractivity contribution in [2.24, 2.45) is 0 Å². The molecule has 1 aliphatic rings. The quantitative estimate of drug-likeness (QED) is 0.846. The first-order valence-electron chi connectivity index (χ1n) is 8.29. The molecular weight excluding hydrogens is 292 g/mol. The number of ether oxygens (including phenoxy) is 1. The van der Waals surface area contributed by atoms with Gasteiger partial charge in [0.2, 0.25) is 0 Å². The summed E-state index contributed by atoms with van der Waals surface area (Å²) >= 11 is 0. The van der Waals surface area contributed by atoms with Gasteiger partial charge in [0.25, 0.3) is 0 Å². The average Bonchev–Trinajstić information content (AvgIpc) is 2.61. The molecule has 1 aromatic carbocycles. The van der Waals surface area contributed by atoms with Crippen molar-refractivity contribution in [3.63, 3.8) is 0 Å². The van der Waals surface area contributed by atoms with Crippen LogP contribution < -0.4 is 10.1 Å². The zero-order chi connectivity index (χ0) is 16.7. The maximum Gasteiger partial charge on any atom is 0.311 e. The fourth-order valence-corrected chi connectivity index (χ4v) is 2.98. The third-order valence-electron chi connectivity index (χ3n) is 4.50. The van der Waals surface area contributed by atoms with Gasteiger partial charge in [0.15, 0.2) is 0 Å². The van der Waals surface area contributed by atoms with Gasteiger partial charge >= 0.3 is 11.8 Å². The first kappa shape index (κ1) is 17.3. The standard InChI is InChI=1S/C18H26N2O3/c1-20(15-6-4-3-5-7-15)18(22)17(21)19-13-12-14-8-10-16(23-2)11-9-14/h8-11,15H,3-7,12-13H2,1-2H3,(H,19,21). The molecule has 0 bridgehead atoms. The van der Waals surface area contributed by atoms with Gasteiger partial charge in [0.05, 0.1) is 7.11 Å². The number of methoxy groups -OCH3 is 1. The van der Waals surface area contributed by atoms with Crippen LogP contribution >= 0.6 is 0 Å². The normalized spacial score (nSPS) is 15.0. The second kappa shape index (κ2) is 8.56. The van der Waals surface area contributed by atoms with Crippen LogP contribution in [0, 0.1) is 0 Å². The minimum atomic E-state index is -0.508. The summed E-state index contributed by atoms with van der Waals surface area (Å²) in [5.74, 6) is -0.125. The number of benzene rings is 1. The zero-order valence-electron chi connectivity index (χ0n) is 14.0. The van der Waals surface area contributed by atoms with Crippen LogP contribution in [0.2, 0.25) is 0 Å². The Balaban J connectivity index is 1.75. The van der Waals surface area contributed by atoms with Gasteiger partial charge in [-0.15, -0.1) is 0 Å². The number of carbonyl (C=O) groups excluding carboxylic acids is 2. The Morgan fingerprint density at radius 2 is 1.83 bits per heavy atom. The SMILES string of the molecule is COc1ccc(CCNC(=O)C(=O)N(C)C2CCCCC2)cc1. The van der Waals surface area contributed by atoms with Gasteiger partial charge in [-0.3, -0.25) is 9.59 Å². The third-order valence-corrected chi connectivity index (χ3v) is 4.50. The third kappa shape index (κ3) is 4.98. The van der Waals surface area contributed by atoms with Crippen molar-refractivity contribution in [2.45, 2.75) is 44.6 Å². The maximum absolute atomic E-state index is 12.2. The lowest BCUT2D eigenvalue weighted by molar-refractivity contribution is -0.146. The number of likely N-dealkylation sites (N-methyl/N-ethyl adjacent to an activating group) is 1. The summed E-state index contributed by atoms with van der Waals surface area (Å²) in [5, 5.41) is 2.72. The Labute approximate surface area is 138 Å². The number of carbonyl (C=O) groups is 2. The van der Waals surface area contributed by atoms with Crippen molar-refractivity contribution in [3.05, 3.63) is 29.8 Å². The van der Waals surface area contributed by atoms with Crippen LogP contribution in [0.1, 0.15) is 37.7 Å². The number of amides is 2. The molecule has 0 saturated heterocycles. The van der Waals surface area contributed by atoms with Crippen LogP contribution in [0.5, 0.6) is 5.75 Å². The molecule has 0 aliphatic heterocycles. The molecule has 0 heterocycles. The first-order valence-corrected chi connectivity index (χ1v) is 8.29. The van der Waals surface area contributed by atoms with Gasteiger partial charge in [0.1, 0.15) is 5.75 Å². The molecule has 1 fully saturated rings. The largest absolute Gasteiger partial charge is 0.497 e. The van der Waals surface area contributed by atoms with Crippen molar-refractivity contribution >= 4 is 11.8 Å². The highest BCUT2D eigenvalue weighted by Gasteiger charge is 2.26. The number of nitrogens with one attached hydrogen (secondary N) is 1. The number of nitrogens with zero attached hydrogens (tertiary/aromatic N) is 1. The molecule has 1 aromatic rings. The molecule has 0 unspecified atom stereocenters. The molecule has 0 radical (unpaired) electrons. The van der Waals surface area contributed by atoms with Gasteiger partial charge in [0, 0.05) is 19.6 Å². The van der Waals surface area contributed by atoms with Crippen LogP contribution in [0.3, 0.4) is 0 Å². The Hall–Kier alpha value is -2.04. The van der Waals surface area contributed by atoms with E-state index in [1.165, 1.54) is 6.42 Å². The van der Waals surface area contributed by atoms with Crippen LogP contribution in [0.25, 0.3) is 0 Å². The van der Waals surface area contributed by atoms with Crippen molar-refractivity contribution in [1.82, 2.24) is 10.2 Å². The minimum absolute atomic E-state index is 0.212. The van der Waals surface area contributed by atoms with E-state index in [-0.39, 0.29) is 6.04 Å². The molecule has 0 spiro atoms. The van der Waals surface area contributed by atoms with Gasteiger partial charge in [-0.25, -0.2) is 0 Å². The van der Waals surface area contributed by atoms with E-state index in [0.29, 0.717) is 13.0 Å². The molecule has 0 atom stereocenters. The van der Waals surface area contributed by atoms with Crippen molar-refractivity contribution < 1.29 is 14.3 Å². The zero-order valence-corrected chi connectivity index (χ0v) is 14.0. The average molecular weight is 318 g/mol. The lowest BCUT2D eigenvalue weighted by Crippen LogP contribution is -2.46. The van der Waals surface area contributed by atoms with E-state index in [4.69, 9.17) is 4.74 Å². The van der Waals surface area contributed by atoms with Crippen molar-refractivity contribution in [1.29, 1.82) is 0 Å². The van der Waals surface area contributed by atoms with E-state index in [2.05, 4.69) is 5.32 Å². The molecular formula is C18H26N2O3. The minimum Gasteiger partial charge on any atom is -0.497 e. The van der Waals surface area contributed by atoms with E-state index in [9.17, 15) is 9.59 Å². The van der Waals surface area contributed by atoms with Crippen molar-refractivity contribution in [2.75, 3.05) is 20.7 Å². The lowest BCUT2D eigenvalue weighted by Gasteiger charge is -2.30. The number of rotatable bonds is 5. The molecule has 0 aromatic heterocycles. The number of hydrogen-bond acceptors (Lipinski definition) is 3. The number of hydrogen-bond donors (Lipinski definition) is 1.